The first-order valence-electron chi connectivity index (χ1n) is 6.30. The lowest BCUT2D eigenvalue weighted by atomic mass is 10.3. The highest BCUT2D eigenvalue weighted by molar-refractivity contribution is 5.44. The summed E-state index contributed by atoms with van der Waals surface area (Å²) in [6.07, 6.45) is 2.65. The van der Waals surface area contributed by atoms with Gasteiger partial charge in [0.25, 0.3) is 0 Å². The summed E-state index contributed by atoms with van der Waals surface area (Å²) in [5.41, 5.74) is 1.01. The Kier molecular flexibility index (Phi) is 5.05. The largest absolute Gasteiger partial charge is 0.494 e. The van der Waals surface area contributed by atoms with E-state index in [0.29, 0.717) is 12.5 Å². The summed E-state index contributed by atoms with van der Waals surface area (Å²) in [7, 11) is 1.61. The van der Waals surface area contributed by atoms with Gasteiger partial charge in [0.15, 0.2) is 0 Å². The molecule has 1 heterocycles. The molecule has 0 bridgehead atoms. The minimum absolute atomic E-state index is 0.616. The molecule has 1 N–H and O–H groups in total. The van der Waals surface area contributed by atoms with Crippen molar-refractivity contribution in [2.45, 2.75) is 6.42 Å². The molecule has 0 aliphatic rings. The quantitative estimate of drug-likeness (QED) is 0.775. The Morgan fingerprint density at radius 3 is 2.79 bits per heavy atom. The molecule has 0 aliphatic carbocycles. The number of methoxy groups -OCH3 is 1. The third kappa shape index (κ3) is 4.50. The smallest absolute Gasteiger partial charge is 0.214 e. The summed E-state index contributed by atoms with van der Waals surface area (Å²) < 4.78 is 10.7. The molecule has 4 heteroatoms. The number of pyridine rings is 1. The highest BCUT2D eigenvalue weighted by atomic mass is 16.5. The van der Waals surface area contributed by atoms with E-state index in [2.05, 4.69) is 10.3 Å². The summed E-state index contributed by atoms with van der Waals surface area (Å²) in [5.74, 6) is 1.53. The van der Waals surface area contributed by atoms with E-state index in [-0.39, 0.29) is 0 Å². The van der Waals surface area contributed by atoms with Gasteiger partial charge in [-0.3, -0.25) is 0 Å². The molecule has 0 amide bonds. The van der Waals surface area contributed by atoms with Crippen LogP contribution < -0.4 is 14.8 Å². The zero-order valence-electron chi connectivity index (χ0n) is 11.0. The first-order valence-corrected chi connectivity index (χ1v) is 6.30. The van der Waals surface area contributed by atoms with E-state index in [1.165, 1.54) is 0 Å². The van der Waals surface area contributed by atoms with E-state index in [4.69, 9.17) is 9.47 Å². The number of rotatable bonds is 7. The molecular formula is C15H18N2O2. The van der Waals surface area contributed by atoms with E-state index < -0.39 is 0 Å². The maximum Gasteiger partial charge on any atom is 0.214 e. The van der Waals surface area contributed by atoms with Crippen molar-refractivity contribution in [3.8, 4) is 11.6 Å². The number of para-hydroxylation sites is 1. The lowest BCUT2D eigenvalue weighted by Gasteiger charge is -2.08. The number of hydrogen-bond acceptors (Lipinski definition) is 4. The van der Waals surface area contributed by atoms with Crippen LogP contribution >= 0.6 is 0 Å². The van der Waals surface area contributed by atoms with Crippen LogP contribution in [0.5, 0.6) is 11.6 Å². The van der Waals surface area contributed by atoms with Crippen molar-refractivity contribution < 1.29 is 9.47 Å². The molecule has 0 aliphatic heterocycles. The maximum absolute atomic E-state index is 5.61. The van der Waals surface area contributed by atoms with Crippen LogP contribution in [0.25, 0.3) is 0 Å². The lowest BCUT2D eigenvalue weighted by Crippen LogP contribution is -2.07. The summed E-state index contributed by atoms with van der Waals surface area (Å²) >= 11 is 0. The van der Waals surface area contributed by atoms with E-state index >= 15 is 0 Å². The Morgan fingerprint density at radius 1 is 1.16 bits per heavy atom. The second-order valence-corrected chi connectivity index (χ2v) is 4.03. The van der Waals surface area contributed by atoms with Crippen molar-refractivity contribution in [1.29, 1.82) is 0 Å². The molecule has 4 nitrogen and oxygen atoms in total. The SMILES string of the molecule is COc1cc(NCCCOc2ccccc2)ccn1. The fourth-order valence-electron chi connectivity index (χ4n) is 1.64. The van der Waals surface area contributed by atoms with Gasteiger partial charge in [-0.15, -0.1) is 0 Å². The summed E-state index contributed by atoms with van der Waals surface area (Å²) in [4.78, 5) is 4.06. The van der Waals surface area contributed by atoms with E-state index in [9.17, 15) is 0 Å². The van der Waals surface area contributed by atoms with Crippen molar-refractivity contribution in [3.05, 3.63) is 48.7 Å². The molecule has 0 saturated carbocycles. The molecule has 0 saturated heterocycles. The molecule has 19 heavy (non-hydrogen) atoms. The van der Waals surface area contributed by atoms with E-state index in [1.54, 1.807) is 13.3 Å². The molecule has 0 radical (unpaired) electrons. The van der Waals surface area contributed by atoms with Crippen molar-refractivity contribution in [3.63, 3.8) is 0 Å². The van der Waals surface area contributed by atoms with Crippen molar-refractivity contribution in [1.82, 2.24) is 4.98 Å². The number of anilines is 1. The lowest BCUT2D eigenvalue weighted by molar-refractivity contribution is 0.315. The first-order chi connectivity index (χ1) is 9.38. The fraction of sp³-hybridized carbons (Fsp3) is 0.267. The first kappa shape index (κ1) is 13.2. The Labute approximate surface area is 113 Å². The Morgan fingerprint density at radius 2 is 2.00 bits per heavy atom. The van der Waals surface area contributed by atoms with Gasteiger partial charge < -0.3 is 14.8 Å². The normalized spacial score (nSPS) is 9.95. The van der Waals surface area contributed by atoms with Crippen LogP contribution in [0.3, 0.4) is 0 Å². The third-order valence-electron chi connectivity index (χ3n) is 2.61. The van der Waals surface area contributed by atoms with Gasteiger partial charge in [-0.2, -0.15) is 0 Å². The summed E-state index contributed by atoms with van der Waals surface area (Å²) in [5, 5.41) is 3.31. The second kappa shape index (κ2) is 7.26. The molecule has 1 aromatic heterocycles. The van der Waals surface area contributed by atoms with Gasteiger partial charge in [-0.25, -0.2) is 4.98 Å². The van der Waals surface area contributed by atoms with Crippen LogP contribution in [0.4, 0.5) is 5.69 Å². The average Bonchev–Trinajstić information content (AvgIpc) is 2.48. The molecule has 0 spiro atoms. The molecule has 0 atom stereocenters. The minimum atomic E-state index is 0.616. The number of nitrogens with one attached hydrogen (secondary N) is 1. The van der Waals surface area contributed by atoms with Crippen LogP contribution in [0.2, 0.25) is 0 Å². The number of benzene rings is 1. The Bertz CT molecular complexity index is 489. The monoisotopic (exact) mass is 258 g/mol. The van der Waals surface area contributed by atoms with Gasteiger partial charge >= 0.3 is 0 Å². The van der Waals surface area contributed by atoms with Gasteiger partial charge in [0, 0.05) is 24.5 Å². The predicted octanol–water partition coefficient (Wildman–Crippen LogP) is 2.97. The Hall–Kier alpha value is -2.23. The number of aromatic nitrogens is 1. The number of ether oxygens (including phenoxy) is 2. The zero-order valence-corrected chi connectivity index (χ0v) is 11.0. The van der Waals surface area contributed by atoms with E-state index in [1.807, 2.05) is 42.5 Å². The molecule has 1 aromatic carbocycles. The predicted molar refractivity (Wildman–Crippen MR) is 75.8 cm³/mol. The zero-order chi connectivity index (χ0) is 13.3. The van der Waals surface area contributed by atoms with Gasteiger partial charge in [-0.05, 0) is 24.6 Å². The van der Waals surface area contributed by atoms with Crippen LogP contribution in [0.15, 0.2) is 48.7 Å². The fourth-order valence-corrected chi connectivity index (χ4v) is 1.64. The molecule has 2 rings (SSSR count). The standard InChI is InChI=1S/C15H18N2O2/c1-18-15-12-13(8-10-17-15)16-9-5-11-19-14-6-3-2-4-7-14/h2-4,6-8,10,12H,5,9,11H2,1H3,(H,16,17). The number of hydrogen-bond donors (Lipinski definition) is 1. The van der Waals surface area contributed by atoms with Crippen LogP contribution in [-0.4, -0.2) is 25.2 Å². The maximum atomic E-state index is 5.61. The minimum Gasteiger partial charge on any atom is -0.494 e. The van der Waals surface area contributed by atoms with Crippen molar-refractivity contribution in [2.24, 2.45) is 0 Å². The third-order valence-corrected chi connectivity index (χ3v) is 2.61. The molecule has 0 fully saturated rings. The van der Waals surface area contributed by atoms with Gasteiger partial charge in [0.1, 0.15) is 5.75 Å². The molecule has 100 valence electrons. The summed E-state index contributed by atoms with van der Waals surface area (Å²) in [6, 6.07) is 13.6. The highest BCUT2D eigenvalue weighted by Crippen LogP contribution is 2.13. The van der Waals surface area contributed by atoms with Crippen LogP contribution in [0, 0.1) is 0 Å². The Balaban J connectivity index is 1.66. The van der Waals surface area contributed by atoms with Crippen molar-refractivity contribution >= 4 is 5.69 Å². The van der Waals surface area contributed by atoms with Gasteiger partial charge in [0.2, 0.25) is 5.88 Å². The van der Waals surface area contributed by atoms with Crippen LogP contribution in [0.1, 0.15) is 6.42 Å². The topological polar surface area (TPSA) is 43.4 Å². The van der Waals surface area contributed by atoms with Crippen molar-refractivity contribution in [2.75, 3.05) is 25.6 Å². The number of nitrogens with zero attached hydrogens (tertiary/aromatic N) is 1. The average molecular weight is 258 g/mol. The molecular weight excluding hydrogens is 240 g/mol. The van der Waals surface area contributed by atoms with Gasteiger partial charge in [-0.1, -0.05) is 18.2 Å². The molecule has 0 unspecified atom stereocenters. The summed E-state index contributed by atoms with van der Waals surface area (Å²) in [6.45, 7) is 1.54. The van der Waals surface area contributed by atoms with Gasteiger partial charge in [0.05, 0.1) is 13.7 Å². The highest BCUT2D eigenvalue weighted by Gasteiger charge is 1.96. The van der Waals surface area contributed by atoms with E-state index in [0.717, 1.165) is 24.4 Å². The van der Waals surface area contributed by atoms with Crippen LogP contribution in [-0.2, 0) is 0 Å². The second-order valence-electron chi connectivity index (χ2n) is 4.03. The molecule has 2 aromatic rings.